The fourth-order valence-electron chi connectivity index (χ4n) is 1.65. The molecule has 0 fully saturated rings. The predicted octanol–water partition coefficient (Wildman–Crippen LogP) is 3.36. The third-order valence-electron chi connectivity index (χ3n) is 2.83. The normalized spacial score (nSPS) is 11.7. The number of nitro groups is 1. The summed E-state index contributed by atoms with van der Waals surface area (Å²) in [4.78, 5) is 10.2. The highest BCUT2D eigenvalue weighted by Gasteiger charge is 2.14. The van der Waals surface area contributed by atoms with Crippen LogP contribution in [0.15, 0.2) is 51.8 Å². The van der Waals surface area contributed by atoms with Crippen LogP contribution in [0.25, 0.3) is 0 Å². The average Bonchev–Trinajstić information content (AvgIpc) is 2.46. The van der Waals surface area contributed by atoms with Crippen LogP contribution < -0.4 is 0 Å². The van der Waals surface area contributed by atoms with Gasteiger partial charge in [-0.3, -0.25) is 10.1 Å². The molecule has 114 valence electrons. The molecule has 8 heteroatoms. The lowest BCUT2D eigenvalue weighted by molar-refractivity contribution is -0.384. The third kappa shape index (κ3) is 3.69. The molecule has 0 aliphatic rings. The Balaban J connectivity index is 2.33. The molecule has 2 rings (SSSR count). The zero-order valence-corrected chi connectivity index (χ0v) is 13.0. The molecule has 0 aliphatic carbocycles. The van der Waals surface area contributed by atoms with Crippen molar-refractivity contribution in [1.82, 2.24) is 0 Å². The predicted molar refractivity (Wildman–Crippen MR) is 84.1 cm³/mol. The molecule has 0 radical (unpaired) electrons. The van der Waals surface area contributed by atoms with Gasteiger partial charge in [-0.1, -0.05) is 35.4 Å². The van der Waals surface area contributed by atoms with Gasteiger partial charge < -0.3 is 0 Å². The van der Waals surface area contributed by atoms with E-state index in [-0.39, 0.29) is 21.2 Å². The molecule has 0 spiro atoms. The molecular weight excluding hydrogens is 328 g/mol. The lowest BCUT2D eigenvalue weighted by atomic mass is 10.2. The lowest BCUT2D eigenvalue weighted by Crippen LogP contribution is -1.98. The van der Waals surface area contributed by atoms with E-state index in [4.69, 9.17) is 11.6 Å². The topological polar surface area (TPSA) is 89.6 Å². The summed E-state index contributed by atoms with van der Waals surface area (Å²) in [6, 6.07) is 10.2. The smallest absolute Gasteiger partial charge is 0.258 e. The van der Waals surface area contributed by atoms with Gasteiger partial charge >= 0.3 is 0 Å². The highest BCUT2D eigenvalue weighted by atomic mass is 35.5. The Hall–Kier alpha value is -2.25. The van der Waals surface area contributed by atoms with Crippen molar-refractivity contribution in [3.05, 3.63) is 68.7 Å². The van der Waals surface area contributed by atoms with Gasteiger partial charge in [0.1, 0.15) is 5.02 Å². The molecule has 0 atom stereocenters. The Morgan fingerprint density at radius 1 is 1.18 bits per heavy atom. The first kappa shape index (κ1) is 16.1. The summed E-state index contributed by atoms with van der Waals surface area (Å²) in [5.41, 5.74) is 0.890. The number of hydrogen-bond donors (Lipinski definition) is 0. The molecule has 0 bridgehead atoms. The summed E-state index contributed by atoms with van der Waals surface area (Å²) in [5, 5.41) is 10.8. The van der Waals surface area contributed by atoms with Crippen molar-refractivity contribution in [2.45, 2.75) is 11.8 Å². The fraction of sp³-hybridized carbons (Fsp3) is 0.0714. The minimum absolute atomic E-state index is 0.0245. The second-order valence-electron chi connectivity index (χ2n) is 4.49. The molecule has 0 amide bonds. The SMILES string of the molecule is Cc1ccc(S(=O)(=O)/N=C/c2ccc(Cl)c([N+](=O)[O-])c2)cc1. The van der Waals surface area contributed by atoms with Gasteiger partial charge in [0.15, 0.2) is 0 Å². The standard InChI is InChI=1S/C14H11ClN2O4S/c1-10-2-5-12(6-3-10)22(20,21)16-9-11-4-7-13(15)14(8-11)17(18)19/h2-9H,1H3/b16-9+. The number of nitrogens with zero attached hydrogens (tertiary/aromatic N) is 2. The number of rotatable bonds is 4. The van der Waals surface area contributed by atoms with Gasteiger partial charge in [-0.25, -0.2) is 0 Å². The summed E-state index contributed by atoms with van der Waals surface area (Å²) >= 11 is 5.69. The Kier molecular flexibility index (Phi) is 4.58. The van der Waals surface area contributed by atoms with Crippen LogP contribution in [0.5, 0.6) is 0 Å². The first-order valence-corrected chi connectivity index (χ1v) is 7.92. The molecule has 6 nitrogen and oxygen atoms in total. The molecule has 22 heavy (non-hydrogen) atoms. The van der Waals surface area contributed by atoms with Gasteiger partial charge in [0.05, 0.1) is 9.82 Å². The van der Waals surface area contributed by atoms with Gasteiger partial charge in [0.2, 0.25) is 0 Å². The van der Waals surface area contributed by atoms with Crippen LogP contribution in [-0.4, -0.2) is 19.6 Å². The first-order chi connectivity index (χ1) is 10.3. The second kappa shape index (κ2) is 6.25. The van der Waals surface area contributed by atoms with Gasteiger partial charge in [-0.15, -0.1) is 0 Å². The Morgan fingerprint density at radius 2 is 1.82 bits per heavy atom. The molecule has 2 aromatic rings. The lowest BCUT2D eigenvalue weighted by Gasteiger charge is -2.00. The highest BCUT2D eigenvalue weighted by Crippen LogP contribution is 2.24. The minimum Gasteiger partial charge on any atom is -0.258 e. The molecule has 0 N–H and O–H groups in total. The summed E-state index contributed by atoms with van der Waals surface area (Å²) in [7, 11) is -3.85. The van der Waals surface area contributed by atoms with Crippen molar-refractivity contribution in [3.8, 4) is 0 Å². The van der Waals surface area contributed by atoms with E-state index in [1.165, 1.54) is 24.3 Å². The van der Waals surface area contributed by atoms with Crippen molar-refractivity contribution in [2.75, 3.05) is 0 Å². The van der Waals surface area contributed by atoms with E-state index < -0.39 is 14.9 Å². The Morgan fingerprint density at radius 3 is 2.41 bits per heavy atom. The van der Waals surface area contributed by atoms with Crippen LogP contribution in [0.1, 0.15) is 11.1 Å². The number of hydrogen-bond acceptors (Lipinski definition) is 4. The highest BCUT2D eigenvalue weighted by molar-refractivity contribution is 7.90. The zero-order valence-electron chi connectivity index (χ0n) is 11.4. The van der Waals surface area contributed by atoms with Gasteiger partial charge in [-0.2, -0.15) is 12.8 Å². The van der Waals surface area contributed by atoms with Crippen molar-refractivity contribution in [1.29, 1.82) is 0 Å². The number of halogens is 1. The van der Waals surface area contributed by atoms with Crippen LogP contribution >= 0.6 is 11.6 Å². The first-order valence-electron chi connectivity index (χ1n) is 6.10. The van der Waals surface area contributed by atoms with Crippen molar-refractivity contribution in [3.63, 3.8) is 0 Å². The maximum Gasteiger partial charge on any atom is 0.288 e. The van der Waals surface area contributed by atoms with E-state index in [0.29, 0.717) is 0 Å². The number of sulfonamides is 1. The van der Waals surface area contributed by atoms with E-state index in [1.807, 2.05) is 6.92 Å². The van der Waals surface area contributed by atoms with Crippen molar-refractivity contribution in [2.24, 2.45) is 4.40 Å². The van der Waals surface area contributed by atoms with Gasteiger partial charge in [0, 0.05) is 17.8 Å². The van der Waals surface area contributed by atoms with Crippen LogP contribution in [0.2, 0.25) is 5.02 Å². The average molecular weight is 339 g/mol. The van der Waals surface area contributed by atoms with E-state index in [1.54, 1.807) is 12.1 Å². The van der Waals surface area contributed by atoms with E-state index in [2.05, 4.69) is 4.40 Å². The van der Waals surface area contributed by atoms with Gasteiger partial charge in [0.25, 0.3) is 15.7 Å². The molecule has 2 aromatic carbocycles. The molecule has 0 aromatic heterocycles. The maximum atomic E-state index is 12.0. The monoisotopic (exact) mass is 338 g/mol. The quantitative estimate of drug-likeness (QED) is 0.485. The minimum atomic E-state index is -3.85. The summed E-state index contributed by atoms with van der Waals surface area (Å²) in [6.07, 6.45) is 1.05. The van der Waals surface area contributed by atoms with E-state index >= 15 is 0 Å². The summed E-state index contributed by atoms with van der Waals surface area (Å²) < 4.78 is 27.6. The van der Waals surface area contributed by atoms with Crippen LogP contribution in [0, 0.1) is 17.0 Å². The molecular formula is C14H11ClN2O4S. The van der Waals surface area contributed by atoms with Crippen LogP contribution in [0.4, 0.5) is 5.69 Å². The third-order valence-corrected chi connectivity index (χ3v) is 4.40. The number of benzene rings is 2. The Labute approximate surface area is 132 Å². The van der Waals surface area contributed by atoms with E-state index in [9.17, 15) is 18.5 Å². The molecule has 0 aliphatic heterocycles. The molecule has 0 saturated heterocycles. The number of nitro benzene ring substituents is 1. The van der Waals surface area contributed by atoms with Crippen molar-refractivity contribution < 1.29 is 13.3 Å². The van der Waals surface area contributed by atoms with Crippen molar-refractivity contribution >= 4 is 33.5 Å². The fourth-order valence-corrected chi connectivity index (χ4v) is 2.70. The molecule has 0 unspecified atom stereocenters. The largest absolute Gasteiger partial charge is 0.288 e. The molecule has 0 heterocycles. The Bertz CT molecular complexity index is 846. The summed E-state index contributed by atoms with van der Waals surface area (Å²) in [5.74, 6) is 0. The summed E-state index contributed by atoms with van der Waals surface area (Å²) in [6.45, 7) is 1.84. The second-order valence-corrected chi connectivity index (χ2v) is 6.53. The van der Waals surface area contributed by atoms with Crippen LogP contribution in [0.3, 0.4) is 0 Å². The number of aryl methyl sites for hydroxylation is 1. The molecule has 0 saturated carbocycles. The van der Waals surface area contributed by atoms with Crippen LogP contribution in [-0.2, 0) is 10.0 Å². The maximum absolute atomic E-state index is 12.0. The van der Waals surface area contributed by atoms with Gasteiger partial charge in [-0.05, 0) is 25.1 Å². The van der Waals surface area contributed by atoms with E-state index in [0.717, 1.165) is 17.8 Å². The zero-order chi connectivity index (χ0) is 16.3.